The van der Waals surface area contributed by atoms with Gasteiger partial charge in [0.2, 0.25) is 5.01 Å². The summed E-state index contributed by atoms with van der Waals surface area (Å²) in [5, 5.41) is 15.1. The SMILES string of the molecule is O=C(NCCCN1CCOCC1)c1cccc(NC(=O)c2nnc(C3CC3)s2)c1. The van der Waals surface area contributed by atoms with Gasteiger partial charge in [-0.25, -0.2) is 0 Å². The van der Waals surface area contributed by atoms with E-state index in [1.165, 1.54) is 11.3 Å². The number of ether oxygens (including phenoxy) is 1. The molecule has 29 heavy (non-hydrogen) atoms. The lowest BCUT2D eigenvalue weighted by atomic mass is 10.2. The Hall–Kier alpha value is -2.36. The number of anilines is 1. The molecular weight excluding hydrogens is 390 g/mol. The average Bonchev–Trinajstić information content (AvgIpc) is 3.48. The Balaban J connectivity index is 1.25. The fraction of sp³-hybridized carbons (Fsp3) is 0.500. The quantitative estimate of drug-likeness (QED) is 0.641. The minimum atomic E-state index is -0.294. The molecule has 2 aromatic rings. The van der Waals surface area contributed by atoms with Gasteiger partial charge in [0, 0.05) is 36.8 Å². The van der Waals surface area contributed by atoms with Gasteiger partial charge in [-0.15, -0.1) is 10.2 Å². The van der Waals surface area contributed by atoms with Gasteiger partial charge in [-0.05, 0) is 44.0 Å². The maximum atomic E-state index is 12.4. The van der Waals surface area contributed by atoms with Crippen molar-refractivity contribution in [1.29, 1.82) is 0 Å². The molecule has 0 radical (unpaired) electrons. The van der Waals surface area contributed by atoms with Crippen molar-refractivity contribution in [1.82, 2.24) is 20.4 Å². The van der Waals surface area contributed by atoms with E-state index in [4.69, 9.17) is 4.74 Å². The van der Waals surface area contributed by atoms with Crippen LogP contribution in [0.25, 0.3) is 0 Å². The minimum Gasteiger partial charge on any atom is -0.379 e. The van der Waals surface area contributed by atoms with Crippen LogP contribution in [-0.4, -0.2) is 66.3 Å². The van der Waals surface area contributed by atoms with Gasteiger partial charge in [-0.2, -0.15) is 0 Å². The van der Waals surface area contributed by atoms with Gasteiger partial charge >= 0.3 is 0 Å². The third kappa shape index (κ3) is 5.59. The zero-order valence-electron chi connectivity index (χ0n) is 16.2. The van der Waals surface area contributed by atoms with E-state index >= 15 is 0 Å². The highest BCUT2D eigenvalue weighted by Gasteiger charge is 2.28. The van der Waals surface area contributed by atoms with Crippen molar-refractivity contribution < 1.29 is 14.3 Å². The summed E-state index contributed by atoms with van der Waals surface area (Å²) in [7, 11) is 0. The second kappa shape index (κ2) is 9.43. The van der Waals surface area contributed by atoms with Crippen molar-refractivity contribution in [3.63, 3.8) is 0 Å². The van der Waals surface area contributed by atoms with E-state index in [9.17, 15) is 9.59 Å². The van der Waals surface area contributed by atoms with Crippen LogP contribution < -0.4 is 10.6 Å². The highest BCUT2D eigenvalue weighted by atomic mass is 32.1. The topological polar surface area (TPSA) is 96.5 Å². The fourth-order valence-electron chi connectivity index (χ4n) is 3.18. The van der Waals surface area contributed by atoms with E-state index in [1.54, 1.807) is 24.3 Å². The van der Waals surface area contributed by atoms with E-state index < -0.39 is 0 Å². The maximum Gasteiger partial charge on any atom is 0.286 e. The van der Waals surface area contributed by atoms with Crippen LogP contribution in [0.5, 0.6) is 0 Å². The largest absolute Gasteiger partial charge is 0.379 e. The van der Waals surface area contributed by atoms with Crippen molar-refractivity contribution in [2.24, 2.45) is 0 Å². The van der Waals surface area contributed by atoms with Crippen molar-refractivity contribution in [2.45, 2.75) is 25.2 Å². The minimum absolute atomic E-state index is 0.144. The lowest BCUT2D eigenvalue weighted by Gasteiger charge is -2.26. The highest BCUT2D eigenvalue weighted by molar-refractivity contribution is 7.13. The molecule has 1 saturated heterocycles. The van der Waals surface area contributed by atoms with Gasteiger partial charge in [0.1, 0.15) is 5.01 Å². The third-order valence-electron chi connectivity index (χ3n) is 4.98. The van der Waals surface area contributed by atoms with Crippen LogP contribution >= 0.6 is 11.3 Å². The zero-order chi connectivity index (χ0) is 20.1. The Morgan fingerprint density at radius 1 is 1.17 bits per heavy atom. The summed E-state index contributed by atoms with van der Waals surface area (Å²) in [4.78, 5) is 27.1. The molecule has 4 rings (SSSR count). The lowest BCUT2D eigenvalue weighted by molar-refractivity contribution is 0.0374. The Morgan fingerprint density at radius 2 is 2.00 bits per heavy atom. The predicted octanol–water partition coefficient (Wildman–Crippen LogP) is 2.12. The van der Waals surface area contributed by atoms with Crippen LogP contribution in [0.3, 0.4) is 0 Å². The number of hydrogen-bond donors (Lipinski definition) is 2. The number of rotatable bonds is 8. The Morgan fingerprint density at radius 3 is 2.79 bits per heavy atom. The van der Waals surface area contributed by atoms with Gasteiger partial charge in [0.25, 0.3) is 11.8 Å². The molecule has 9 heteroatoms. The normalized spacial score (nSPS) is 17.1. The summed E-state index contributed by atoms with van der Waals surface area (Å²) >= 11 is 1.34. The van der Waals surface area contributed by atoms with Gasteiger partial charge in [-0.1, -0.05) is 17.4 Å². The monoisotopic (exact) mass is 415 g/mol. The predicted molar refractivity (Wildman–Crippen MR) is 110 cm³/mol. The van der Waals surface area contributed by atoms with Crippen LogP contribution in [0.2, 0.25) is 0 Å². The molecule has 2 fully saturated rings. The lowest BCUT2D eigenvalue weighted by Crippen LogP contribution is -2.38. The molecular formula is C20H25N5O3S. The summed E-state index contributed by atoms with van der Waals surface area (Å²) in [6.07, 6.45) is 3.14. The number of morpholine rings is 1. The zero-order valence-corrected chi connectivity index (χ0v) is 17.0. The Kier molecular flexibility index (Phi) is 6.48. The number of benzene rings is 1. The van der Waals surface area contributed by atoms with E-state index in [1.807, 2.05) is 0 Å². The molecule has 0 spiro atoms. The number of carbonyl (C=O) groups excluding carboxylic acids is 2. The van der Waals surface area contributed by atoms with Crippen molar-refractivity contribution >= 4 is 28.8 Å². The number of aromatic nitrogens is 2. The van der Waals surface area contributed by atoms with Crippen molar-refractivity contribution in [3.05, 3.63) is 39.8 Å². The van der Waals surface area contributed by atoms with Crippen LogP contribution in [-0.2, 0) is 4.74 Å². The molecule has 2 heterocycles. The molecule has 1 aliphatic heterocycles. The van der Waals surface area contributed by atoms with Crippen LogP contribution in [0.4, 0.5) is 5.69 Å². The molecule has 2 amide bonds. The number of carbonyl (C=O) groups is 2. The first-order valence-electron chi connectivity index (χ1n) is 10.0. The first-order valence-corrected chi connectivity index (χ1v) is 10.8. The first kappa shape index (κ1) is 19.9. The Bertz CT molecular complexity index is 861. The van der Waals surface area contributed by atoms with Gasteiger partial charge in [0.15, 0.2) is 0 Å². The Labute approximate surface area is 173 Å². The van der Waals surface area contributed by atoms with E-state index in [0.29, 0.717) is 28.7 Å². The first-order chi connectivity index (χ1) is 14.2. The molecule has 2 aliphatic rings. The number of nitrogens with zero attached hydrogens (tertiary/aromatic N) is 3. The molecule has 2 N–H and O–H groups in total. The van der Waals surface area contributed by atoms with E-state index in [0.717, 1.165) is 57.1 Å². The summed E-state index contributed by atoms with van der Waals surface area (Å²) in [6.45, 7) is 5.03. The summed E-state index contributed by atoms with van der Waals surface area (Å²) in [5.41, 5.74) is 1.09. The second-order valence-electron chi connectivity index (χ2n) is 7.32. The van der Waals surface area contributed by atoms with E-state index in [-0.39, 0.29) is 11.8 Å². The van der Waals surface area contributed by atoms with Crippen molar-refractivity contribution in [2.75, 3.05) is 44.7 Å². The summed E-state index contributed by atoms with van der Waals surface area (Å²) in [6, 6.07) is 6.94. The number of hydrogen-bond acceptors (Lipinski definition) is 7. The highest BCUT2D eigenvalue weighted by Crippen LogP contribution is 2.41. The van der Waals surface area contributed by atoms with Crippen LogP contribution in [0.15, 0.2) is 24.3 Å². The molecule has 8 nitrogen and oxygen atoms in total. The van der Waals surface area contributed by atoms with Crippen LogP contribution in [0, 0.1) is 0 Å². The fourth-order valence-corrected chi connectivity index (χ4v) is 4.08. The van der Waals surface area contributed by atoms with Gasteiger partial charge < -0.3 is 15.4 Å². The van der Waals surface area contributed by atoms with E-state index in [2.05, 4.69) is 25.7 Å². The number of amides is 2. The van der Waals surface area contributed by atoms with Crippen molar-refractivity contribution in [3.8, 4) is 0 Å². The molecule has 1 aliphatic carbocycles. The molecule has 1 saturated carbocycles. The van der Waals surface area contributed by atoms with Crippen LogP contribution in [0.1, 0.15) is 50.3 Å². The summed E-state index contributed by atoms with van der Waals surface area (Å²) in [5.74, 6) is 0.0387. The molecule has 0 unspecified atom stereocenters. The second-order valence-corrected chi connectivity index (χ2v) is 8.33. The molecule has 1 aromatic carbocycles. The molecule has 0 atom stereocenters. The van der Waals surface area contributed by atoms with Gasteiger partial charge in [-0.3, -0.25) is 14.5 Å². The standard InChI is InChI=1S/C20H25N5O3S/c26-17(21-7-2-8-25-9-11-28-12-10-25)15-3-1-4-16(13-15)22-18(27)20-24-23-19(29-20)14-5-6-14/h1,3-4,13-14H,2,5-12H2,(H,21,26)(H,22,27). The molecule has 1 aromatic heterocycles. The summed E-state index contributed by atoms with van der Waals surface area (Å²) < 4.78 is 5.34. The third-order valence-corrected chi connectivity index (χ3v) is 6.07. The average molecular weight is 416 g/mol. The smallest absolute Gasteiger partial charge is 0.286 e. The molecule has 0 bridgehead atoms. The molecule has 154 valence electrons. The maximum absolute atomic E-state index is 12.4. The van der Waals surface area contributed by atoms with Gasteiger partial charge in [0.05, 0.1) is 13.2 Å². The number of nitrogens with one attached hydrogen (secondary N) is 2.